The third-order valence-corrected chi connectivity index (χ3v) is 7.38. The molecule has 0 heterocycles. The van der Waals surface area contributed by atoms with Gasteiger partial charge in [0.1, 0.15) is 5.83 Å². The van der Waals surface area contributed by atoms with E-state index in [1.165, 1.54) is 5.56 Å². The molecule has 1 fully saturated rings. The molecule has 0 unspecified atom stereocenters. The number of benzene rings is 2. The fourth-order valence-corrected chi connectivity index (χ4v) is 5.18. The van der Waals surface area contributed by atoms with Crippen molar-refractivity contribution in [2.75, 3.05) is 6.61 Å². The summed E-state index contributed by atoms with van der Waals surface area (Å²) < 4.78 is 50.3. The number of hydrogen-bond donors (Lipinski definition) is 0. The average molecular weight is 469 g/mol. The molecule has 34 heavy (non-hydrogen) atoms. The van der Waals surface area contributed by atoms with Crippen molar-refractivity contribution < 1.29 is 17.9 Å². The first-order valence-corrected chi connectivity index (χ1v) is 12.8. The predicted molar refractivity (Wildman–Crippen MR) is 132 cm³/mol. The van der Waals surface area contributed by atoms with Crippen LogP contribution in [0.2, 0.25) is 0 Å². The van der Waals surface area contributed by atoms with Crippen molar-refractivity contribution in [1.29, 1.82) is 0 Å². The zero-order valence-corrected chi connectivity index (χ0v) is 20.3. The Morgan fingerprint density at radius 2 is 1.62 bits per heavy atom. The SMILES string of the molecule is CCCc1ccc(-c2ccc(C3CCC(OCC4=CC[C@H](CC)C=C4F)CC3)c(F)c2F)cc1. The van der Waals surface area contributed by atoms with Crippen molar-refractivity contribution in [3.05, 3.63) is 82.7 Å². The molecule has 0 saturated heterocycles. The molecule has 0 amide bonds. The fourth-order valence-electron chi connectivity index (χ4n) is 5.18. The van der Waals surface area contributed by atoms with Gasteiger partial charge < -0.3 is 4.74 Å². The molecule has 2 aliphatic rings. The van der Waals surface area contributed by atoms with Crippen molar-refractivity contribution in [3.8, 4) is 11.1 Å². The molecule has 1 saturated carbocycles. The Balaban J connectivity index is 1.35. The third-order valence-electron chi connectivity index (χ3n) is 7.38. The van der Waals surface area contributed by atoms with Crippen LogP contribution in [0.1, 0.15) is 75.8 Å². The number of allylic oxidation sites excluding steroid dienone is 2. The highest BCUT2D eigenvalue weighted by atomic mass is 19.2. The second-order valence-electron chi connectivity index (χ2n) is 9.71. The van der Waals surface area contributed by atoms with Gasteiger partial charge >= 0.3 is 0 Å². The molecule has 2 aromatic rings. The number of aryl methyl sites for hydroxylation is 1. The molecule has 1 nitrogen and oxygen atoms in total. The van der Waals surface area contributed by atoms with Crippen LogP contribution < -0.4 is 0 Å². The summed E-state index contributed by atoms with van der Waals surface area (Å²) in [6, 6.07) is 11.2. The first-order valence-electron chi connectivity index (χ1n) is 12.8. The van der Waals surface area contributed by atoms with E-state index in [4.69, 9.17) is 4.74 Å². The Bertz CT molecular complexity index is 1030. The lowest BCUT2D eigenvalue weighted by Crippen LogP contribution is -2.23. The highest BCUT2D eigenvalue weighted by molar-refractivity contribution is 5.65. The Morgan fingerprint density at radius 3 is 2.26 bits per heavy atom. The molecule has 182 valence electrons. The van der Waals surface area contributed by atoms with Crippen LogP contribution in [0.4, 0.5) is 13.2 Å². The molecule has 1 atom stereocenters. The smallest absolute Gasteiger partial charge is 0.166 e. The standard InChI is InChI=1S/C30H35F3O/c1-3-5-21-7-9-22(10-8-21)26-16-17-27(30(33)29(26)32)23-12-14-25(15-13-23)34-19-24-11-6-20(4-2)18-28(24)31/h7-11,16-18,20,23,25H,3-6,12-15,19H2,1-2H3/t20-,23?,25?/m0/s1. The molecule has 0 aromatic heterocycles. The van der Waals surface area contributed by atoms with Gasteiger partial charge in [0, 0.05) is 11.1 Å². The molecule has 0 radical (unpaired) electrons. The molecule has 0 N–H and O–H groups in total. The molecule has 0 spiro atoms. The molecule has 2 aliphatic carbocycles. The summed E-state index contributed by atoms with van der Waals surface area (Å²) in [6.07, 6.45) is 10.5. The van der Waals surface area contributed by atoms with E-state index in [2.05, 4.69) is 13.8 Å². The topological polar surface area (TPSA) is 9.23 Å². The monoisotopic (exact) mass is 468 g/mol. The number of ether oxygens (including phenoxy) is 1. The van der Waals surface area contributed by atoms with Gasteiger partial charge in [-0.1, -0.05) is 62.7 Å². The first-order chi connectivity index (χ1) is 16.5. The van der Waals surface area contributed by atoms with Crippen LogP contribution in [0, 0.1) is 17.6 Å². The van der Waals surface area contributed by atoms with Crippen molar-refractivity contribution in [2.24, 2.45) is 5.92 Å². The molecule has 2 aromatic carbocycles. The Kier molecular flexibility index (Phi) is 8.31. The molecular weight excluding hydrogens is 433 g/mol. The van der Waals surface area contributed by atoms with Gasteiger partial charge in [-0.05, 0) is 79.5 Å². The molecule has 4 heteroatoms. The van der Waals surface area contributed by atoms with Gasteiger partial charge in [-0.25, -0.2) is 13.2 Å². The number of hydrogen-bond acceptors (Lipinski definition) is 1. The van der Waals surface area contributed by atoms with Crippen molar-refractivity contribution in [1.82, 2.24) is 0 Å². The van der Waals surface area contributed by atoms with Gasteiger partial charge in [-0.3, -0.25) is 0 Å². The maximum absolute atomic E-state index is 15.1. The van der Waals surface area contributed by atoms with Crippen LogP contribution in [0.25, 0.3) is 11.1 Å². The van der Waals surface area contributed by atoms with Crippen LogP contribution in [0.3, 0.4) is 0 Å². The van der Waals surface area contributed by atoms with Gasteiger partial charge in [0.15, 0.2) is 11.6 Å². The number of rotatable bonds is 8. The zero-order chi connectivity index (χ0) is 24.1. The highest BCUT2D eigenvalue weighted by Crippen LogP contribution is 2.38. The summed E-state index contributed by atoms with van der Waals surface area (Å²) in [5, 5.41) is 0. The lowest BCUT2D eigenvalue weighted by Gasteiger charge is -2.30. The minimum atomic E-state index is -0.768. The maximum atomic E-state index is 15.1. The van der Waals surface area contributed by atoms with Gasteiger partial charge in [0.2, 0.25) is 0 Å². The van der Waals surface area contributed by atoms with Crippen LogP contribution in [0.15, 0.2) is 60.0 Å². The zero-order valence-electron chi connectivity index (χ0n) is 20.3. The summed E-state index contributed by atoms with van der Waals surface area (Å²) >= 11 is 0. The molecule has 0 bridgehead atoms. The van der Waals surface area contributed by atoms with Gasteiger partial charge in [-0.15, -0.1) is 0 Å². The molecule has 0 aliphatic heterocycles. The minimum Gasteiger partial charge on any atom is -0.373 e. The summed E-state index contributed by atoms with van der Waals surface area (Å²) in [4.78, 5) is 0. The second kappa shape index (κ2) is 11.4. The van der Waals surface area contributed by atoms with E-state index in [1.807, 2.05) is 30.3 Å². The summed E-state index contributed by atoms with van der Waals surface area (Å²) in [5.41, 5.74) is 3.30. The molecule has 4 rings (SSSR count). The van der Waals surface area contributed by atoms with E-state index >= 15 is 4.39 Å². The van der Waals surface area contributed by atoms with E-state index in [-0.39, 0.29) is 30.4 Å². The number of halogens is 3. The summed E-state index contributed by atoms with van der Waals surface area (Å²) in [7, 11) is 0. The second-order valence-corrected chi connectivity index (χ2v) is 9.71. The van der Waals surface area contributed by atoms with E-state index < -0.39 is 11.6 Å². The maximum Gasteiger partial charge on any atom is 0.166 e. The molecular formula is C30H35F3O. The highest BCUT2D eigenvalue weighted by Gasteiger charge is 2.27. The lowest BCUT2D eigenvalue weighted by atomic mass is 9.82. The third kappa shape index (κ3) is 5.66. The largest absolute Gasteiger partial charge is 0.373 e. The normalized spacial score (nSPS) is 22.9. The minimum absolute atomic E-state index is 0.0221. The average Bonchev–Trinajstić information content (AvgIpc) is 2.86. The Labute approximate surface area is 201 Å². The van der Waals surface area contributed by atoms with E-state index in [9.17, 15) is 8.78 Å². The fraction of sp³-hybridized carbons (Fsp3) is 0.467. The van der Waals surface area contributed by atoms with Crippen LogP contribution in [-0.4, -0.2) is 12.7 Å². The summed E-state index contributed by atoms with van der Waals surface area (Å²) in [6.45, 7) is 4.46. The van der Waals surface area contributed by atoms with Crippen LogP contribution in [-0.2, 0) is 11.2 Å². The Hall–Kier alpha value is -2.33. The van der Waals surface area contributed by atoms with E-state index in [1.54, 1.807) is 18.2 Å². The first kappa shape index (κ1) is 24.8. The predicted octanol–water partition coefficient (Wildman–Crippen LogP) is 8.84. The van der Waals surface area contributed by atoms with Gasteiger partial charge in [0.05, 0.1) is 12.7 Å². The van der Waals surface area contributed by atoms with Crippen molar-refractivity contribution in [2.45, 2.75) is 77.2 Å². The van der Waals surface area contributed by atoms with Gasteiger partial charge in [-0.2, -0.15) is 0 Å². The Morgan fingerprint density at radius 1 is 0.882 bits per heavy atom. The summed E-state index contributed by atoms with van der Waals surface area (Å²) in [5.74, 6) is -1.41. The van der Waals surface area contributed by atoms with Crippen LogP contribution in [0.5, 0.6) is 0 Å². The van der Waals surface area contributed by atoms with Crippen molar-refractivity contribution in [3.63, 3.8) is 0 Å². The van der Waals surface area contributed by atoms with Crippen LogP contribution >= 0.6 is 0 Å². The van der Waals surface area contributed by atoms with Gasteiger partial charge in [0.25, 0.3) is 0 Å². The van der Waals surface area contributed by atoms with E-state index in [0.717, 1.165) is 51.4 Å². The quantitative estimate of drug-likeness (QED) is 0.376. The van der Waals surface area contributed by atoms with Crippen molar-refractivity contribution >= 4 is 0 Å². The van der Waals surface area contributed by atoms with E-state index in [0.29, 0.717) is 22.3 Å². The lowest BCUT2D eigenvalue weighted by molar-refractivity contribution is 0.0378.